The Kier molecular flexibility index (Phi) is 7.59. The lowest BCUT2D eigenvalue weighted by Gasteiger charge is -2.11. The summed E-state index contributed by atoms with van der Waals surface area (Å²) in [6.07, 6.45) is 0. The van der Waals surface area contributed by atoms with Gasteiger partial charge in [-0.3, -0.25) is 9.67 Å². The zero-order valence-corrected chi connectivity index (χ0v) is 17.4. The van der Waals surface area contributed by atoms with Crippen LogP contribution in [0.1, 0.15) is 47.4 Å². The molecule has 0 fully saturated rings. The first-order chi connectivity index (χ1) is 12.5. The summed E-state index contributed by atoms with van der Waals surface area (Å²) in [6, 6.07) is 0. The number of ether oxygens (including phenoxy) is 1. The lowest BCUT2D eigenvalue weighted by atomic mass is 10.2. The molecule has 2 aromatic rings. The minimum Gasteiger partial charge on any atom is -0.383 e. The molecule has 0 spiro atoms. The number of hydrogen-bond acceptors (Lipinski definition) is 5. The van der Waals surface area contributed by atoms with E-state index in [1.807, 2.05) is 11.6 Å². The first-order valence-corrected chi connectivity index (χ1v) is 9.74. The molecule has 2 aromatic heterocycles. The standard InChI is InChI=1S/C18H30N6OS/c1-12(2)16-11-26-17(22-16)10-21-18(19-5)20-9-15-13(3)23-24(14(15)4)7-8-25-6/h11-12H,7-10H2,1-6H3,(H2,19,20,21). The van der Waals surface area contributed by atoms with E-state index >= 15 is 0 Å². The Morgan fingerprint density at radius 2 is 2.04 bits per heavy atom. The van der Waals surface area contributed by atoms with Crippen molar-refractivity contribution in [1.82, 2.24) is 25.4 Å². The Labute approximate surface area is 159 Å². The van der Waals surface area contributed by atoms with Crippen LogP contribution in [0.5, 0.6) is 0 Å². The fourth-order valence-corrected chi connectivity index (χ4v) is 3.50. The Bertz CT molecular complexity index is 734. The molecule has 0 radical (unpaired) electrons. The van der Waals surface area contributed by atoms with E-state index in [1.54, 1.807) is 25.5 Å². The average Bonchev–Trinajstić information content (AvgIpc) is 3.19. The van der Waals surface area contributed by atoms with Crippen LogP contribution < -0.4 is 10.6 Å². The summed E-state index contributed by atoms with van der Waals surface area (Å²) in [7, 11) is 3.48. The Morgan fingerprint density at radius 3 is 2.65 bits per heavy atom. The third kappa shape index (κ3) is 5.28. The van der Waals surface area contributed by atoms with Crippen molar-refractivity contribution in [2.75, 3.05) is 20.8 Å². The smallest absolute Gasteiger partial charge is 0.191 e. The first kappa shape index (κ1) is 20.4. The second-order valence-electron chi connectivity index (χ2n) is 6.47. The Morgan fingerprint density at radius 1 is 1.31 bits per heavy atom. The number of nitrogens with zero attached hydrogens (tertiary/aromatic N) is 4. The quantitative estimate of drug-likeness (QED) is 0.545. The Hall–Kier alpha value is -1.93. The van der Waals surface area contributed by atoms with Crippen LogP contribution >= 0.6 is 11.3 Å². The number of methoxy groups -OCH3 is 1. The van der Waals surface area contributed by atoms with Crippen LogP contribution in [0.15, 0.2) is 10.4 Å². The average molecular weight is 379 g/mol. The summed E-state index contributed by atoms with van der Waals surface area (Å²) in [4.78, 5) is 8.94. The van der Waals surface area contributed by atoms with E-state index in [4.69, 9.17) is 4.74 Å². The molecule has 0 aliphatic heterocycles. The van der Waals surface area contributed by atoms with Gasteiger partial charge in [0.05, 0.1) is 31.1 Å². The maximum atomic E-state index is 5.15. The molecule has 0 atom stereocenters. The molecule has 0 aliphatic rings. The molecule has 144 valence electrons. The zero-order chi connectivity index (χ0) is 19.1. The number of rotatable bonds is 8. The molecule has 2 N–H and O–H groups in total. The topological polar surface area (TPSA) is 76.4 Å². The minimum atomic E-state index is 0.457. The van der Waals surface area contributed by atoms with Crippen molar-refractivity contribution in [2.24, 2.45) is 4.99 Å². The van der Waals surface area contributed by atoms with Gasteiger partial charge in [-0.1, -0.05) is 13.8 Å². The largest absolute Gasteiger partial charge is 0.383 e. The van der Waals surface area contributed by atoms with Gasteiger partial charge in [-0.05, 0) is 19.8 Å². The molecule has 2 rings (SSSR count). The van der Waals surface area contributed by atoms with Gasteiger partial charge in [0.25, 0.3) is 0 Å². The van der Waals surface area contributed by atoms with Gasteiger partial charge >= 0.3 is 0 Å². The second-order valence-corrected chi connectivity index (χ2v) is 7.41. The molecule has 0 aromatic carbocycles. The number of hydrogen-bond donors (Lipinski definition) is 2. The summed E-state index contributed by atoms with van der Waals surface area (Å²) in [6.45, 7) is 11.2. The Balaban J connectivity index is 1.91. The van der Waals surface area contributed by atoms with Crippen molar-refractivity contribution in [1.29, 1.82) is 0 Å². The van der Waals surface area contributed by atoms with Gasteiger partial charge in [-0.25, -0.2) is 4.98 Å². The van der Waals surface area contributed by atoms with Gasteiger partial charge in [-0.15, -0.1) is 11.3 Å². The lowest BCUT2D eigenvalue weighted by Crippen LogP contribution is -2.36. The predicted molar refractivity (Wildman–Crippen MR) is 107 cm³/mol. The number of aliphatic imine (C=N–C) groups is 1. The van der Waals surface area contributed by atoms with Crippen LogP contribution in [0.2, 0.25) is 0 Å². The molecular weight excluding hydrogens is 348 g/mol. The maximum absolute atomic E-state index is 5.15. The van der Waals surface area contributed by atoms with Gasteiger partial charge < -0.3 is 15.4 Å². The van der Waals surface area contributed by atoms with E-state index in [0.29, 0.717) is 25.6 Å². The van der Waals surface area contributed by atoms with E-state index in [-0.39, 0.29) is 0 Å². The van der Waals surface area contributed by atoms with Crippen molar-refractivity contribution < 1.29 is 4.74 Å². The summed E-state index contributed by atoms with van der Waals surface area (Å²) in [5, 5.41) is 14.5. The number of aromatic nitrogens is 3. The van der Waals surface area contributed by atoms with Gasteiger partial charge in [0.15, 0.2) is 5.96 Å². The summed E-state index contributed by atoms with van der Waals surface area (Å²) in [5.41, 5.74) is 4.52. The molecule has 0 unspecified atom stereocenters. The van der Waals surface area contributed by atoms with E-state index in [2.05, 4.69) is 51.9 Å². The number of nitrogens with one attached hydrogen (secondary N) is 2. The number of thiazole rings is 1. The van der Waals surface area contributed by atoms with Crippen molar-refractivity contribution in [2.45, 2.75) is 53.2 Å². The van der Waals surface area contributed by atoms with E-state index in [0.717, 1.165) is 34.6 Å². The van der Waals surface area contributed by atoms with Crippen molar-refractivity contribution in [3.63, 3.8) is 0 Å². The maximum Gasteiger partial charge on any atom is 0.191 e. The van der Waals surface area contributed by atoms with Gasteiger partial charge in [0.1, 0.15) is 5.01 Å². The summed E-state index contributed by atoms with van der Waals surface area (Å²) in [5.74, 6) is 1.22. The fraction of sp³-hybridized carbons (Fsp3) is 0.611. The van der Waals surface area contributed by atoms with Crippen LogP contribution in [0.25, 0.3) is 0 Å². The molecule has 8 heteroatoms. The molecule has 26 heavy (non-hydrogen) atoms. The van der Waals surface area contributed by atoms with Gasteiger partial charge in [-0.2, -0.15) is 5.10 Å². The molecular formula is C18H30N6OS. The lowest BCUT2D eigenvalue weighted by molar-refractivity contribution is 0.182. The van der Waals surface area contributed by atoms with Crippen LogP contribution in [-0.4, -0.2) is 41.5 Å². The van der Waals surface area contributed by atoms with Crippen molar-refractivity contribution >= 4 is 17.3 Å². The highest BCUT2D eigenvalue weighted by atomic mass is 32.1. The van der Waals surface area contributed by atoms with E-state index < -0.39 is 0 Å². The van der Waals surface area contributed by atoms with Crippen molar-refractivity contribution in [3.8, 4) is 0 Å². The highest BCUT2D eigenvalue weighted by Gasteiger charge is 2.12. The highest BCUT2D eigenvalue weighted by Crippen LogP contribution is 2.17. The van der Waals surface area contributed by atoms with E-state index in [1.165, 1.54) is 5.56 Å². The van der Waals surface area contributed by atoms with E-state index in [9.17, 15) is 0 Å². The predicted octanol–water partition coefficient (Wildman–Crippen LogP) is 2.59. The highest BCUT2D eigenvalue weighted by molar-refractivity contribution is 7.09. The molecule has 2 heterocycles. The molecule has 0 aliphatic carbocycles. The fourth-order valence-electron chi connectivity index (χ4n) is 2.61. The van der Waals surface area contributed by atoms with Crippen molar-refractivity contribution in [3.05, 3.63) is 33.0 Å². The third-order valence-electron chi connectivity index (χ3n) is 4.26. The van der Waals surface area contributed by atoms with Crippen LogP contribution in [0.3, 0.4) is 0 Å². The van der Waals surface area contributed by atoms with Gasteiger partial charge in [0, 0.05) is 37.3 Å². The number of guanidine groups is 1. The molecule has 0 bridgehead atoms. The SMILES string of the molecule is CN=C(NCc1nc(C(C)C)cs1)NCc1c(C)nn(CCOC)c1C. The monoisotopic (exact) mass is 378 g/mol. The van der Waals surface area contributed by atoms with Crippen LogP contribution in [-0.2, 0) is 24.4 Å². The normalized spacial score (nSPS) is 12.0. The molecule has 0 saturated carbocycles. The third-order valence-corrected chi connectivity index (χ3v) is 5.13. The molecule has 0 saturated heterocycles. The zero-order valence-electron chi connectivity index (χ0n) is 16.6. The van der Waals surface area contributed by atoms with Crippen LogP contribution in [0, 0.1) is 13.8 Å². The molecule has 0 amide bonds. The summed E-state index contributed by atoms with van der Waals surface area (Å²) >= 11 is 1.68. The second kappa shape index (κ2) is 9.68. The first-order valence-electron chi connectivity index (χ1n) is 8.86. The molecule has 7 nitrogen and oxygen atoms in total. The van der Waals surface area contributed by atoms with Gasteiger partial charge in [0.2, 0.25) is 0 Å². The number of aryl methyl sites for hydroxylation is 1. The van der Waals surface area contributed by atoms with Crippen LogP contribution in [0.4, 0.5) is 0 Å². The summed E-state index contributed by atoms with van der Waals surface area (Å²) < 4.78 is 7.14. The minimum absolute atomic E-state index is 0.457.